The number of ketones is 1. The Balaban J connectivity index is 1.83. The number of carbonyl (C=O) groups excluding carboxylic acids is 2. The van der Waals surface area contributed by atoms with Gasteiger partial charge >= 0.3 is 0 Å². The summed E-state index contributed by atoms with van der Waals surface area (Å²) in [6.45, 7) is 11.2. The summed E-state index contributed by atoms with van der Waals surface area (Å²) in [7, 11) is 0. The second-order valence-corrected chi connectivity index (χ2v) is 6.65. The molecule has 1 saturated heterocycles. The molecule has 0 unspecified atom stereocenters. The van der Waals surface area contributed by atoms with Crippen molar-refractivity contribution in [3.8, 4) is 0 Å². The van der Waals surface area contributed by atoms with E-state index in [-0.39, 0.29) is 17.6 Å². The first-order chi connectivity index (χ1) is 11.5. The highest BCUT2D eigenvalue weighted by molar-refractivity contribution is 5.97. The van der Waals surface area contributed by atoms with Gasteiger partial charge < -0.3 is 4.90 Å². The van der Waals surface area contributed by atoms with Gasteiger partial charge in [-0.05, 0) is 39.8 Å². The largest absolute Gasteiger partial charge is 0.338 e. The lowest BCUT2D eigenvalue weighted by molar-refractivity contribution is -0.132. The summed E-state index contributed by atoms with van der Waals surface area (Å²) in [4.78, 5) is 28.9. The zero-order chi connectivity index (χ0) is 17.5. The van der Waals surface area contributed by atoms with Gasteiger partial charge in [0.15, 0.2) is 5.78 Å². The third kappa shape index (κ3) is 5.03. The van der Waals surface area contributed by atoms with Gasteiger partial charge in [0.25, 0.3) is 0 Å². The third-order valence-electron chi connectivity index (χ3n) is 4.57. The van der Waals surface area contributed by atoms with Crippen LogP contribution in [0.4, 0.5) is 0 Å². The monoisotopic (exact) mass is 328 g/mol. The molecule has 1 amide bonds. The van der Waals surface area contributed by atoms with E-state index in [1.807, 2.05) is 49.1 Å². The Hall–Kier alpha value is -1.94. The molecule has 1 aliphatic rings. The summed E-state index contributed by atoms with van der Waals surface area (Å²) in [6.07, 6.45) is 1.65. The van der Waals surface area contributed by atoms with E-state index >= 15 is 0 Å². The van der Waals surface area contributed by atoms with Crippen LogP contribution in [0.2, 0.25) is 0 Å². The first-order valence-corrected chi connectivity index (χ1v) is 8.75. The van der Waals surface area contributed by atoms with Crippen LogP contribution in [0.3, 0.4) is 0 Å². The topological polar surface area (TPSA) is 40.6 Å². The highest BCUT2D eigenvalue weighted by Gasteiger charge is 2.27. The van der Waals surface area contributed by atoms with Gasteiger partial charge in [0.05, 0.1) is 6.54 Å². The van der Waals surface area contributed by atoms with Crippen LogP contribution in [0, 0.1) is 5.92 Å². The molecule has 130 valence electrons. The summed E-state index contributed by atoms with van der Waals surface area (Å²) in [5.41, 5.74) is 1.79. The minimum absolute atomic E-state index is 0.0800. The van der Waals surface area contributed by atoms with Gasteiger partial charge in [-0.1, -0.05) is 42.5 Å². The molecule has 0 radical (unpaired) electrons. The van der Waals surface area contributed by atoms with Crippen LogP contribution in [0.1, 0.15) is 37.0 Å². The minimum Gasteiger partial charge on any atom is -0.338 e. The third-order valence-corrected chi connectivity index (χ3v) is 4.57. The molecular formula is C20H28N2O2. The number of nitrogens with zero attached hydrogens (tertiary/aromatic N) is 2. The van der Waals surface area contributed by atoms with Crippen molar-refractivity contribution >= 4 is 11.7 Å². The van der Waals surface area contributed by atoms with Crippen LogP contribution in [0.15, 0.2) is 42.5 Å². The van der Waals surface area contributed by atoms with E-state index in [0.717, 1.165) is 37.1 Å². The van der Waals surface area contributed by atoms with Gasteiger partial charge in [-0.25, -0.2) is 0 Å². The predicted octanol–water partition coefficient (Wildman–Crippen LogP) is 3.01. The number of rotatable bonds is 7. The van der Waals surface area contributed by atoms with Crippen LogP contribution >= 0.6 is 0 Å². The molecule has 0 N–H and O–H groups in total. The van der Waals surface area contributed by atoms with E-state index in [2.05, 4.69) is 11.5 Å². The Labute approximate surface area is 145 Å². The number of Topliss-reactive ketones (excluding diaryl/α,β-unsaturated/α-hetero) is 1. The van der Waals surface area contributed by atoms with Gasteiger partial charge in [0, 0.05) is 24.6 Å². The van der Waals surface area contributed by atoms with E-state index in [9.17, 15) is 9.59 Å². The van der Waals surface area contributed by atoms with Crippen molar-refractivity contribution in [2.45, 2.75) is 26.7 Å². The van der Waals surface area contributed by atoms with Crippen LogP contribution < -0.4 is 0 Å². The Morgan fingerprint density at radius 2 is 1.83 bits per heavy atom. The zero-order valence-corrected chi connectivity index (χ0v) is 14.8. The van der Waals surface area contributed by atoms with Gasteiger partial charge in [-0.3, -0.25) is 14.5 Å². The molecule has 2 rings (SSSR count). The van der Waals surface area contributed by atoms with E-state index in [1.165, 1.54) is 0 Å². The maximum absolute atomic E-state index is 12.5. The van der Waals surface area contributed by atoms with Gasteiger partial charge in [0.1, 0.15) is 0 Å². The smallest absolute Gasteiger partial charge is 0.237 e. The summed E-state index contributed by atoms with van der Waals surface area (Å²) < 4.78 is 0. The summed E-state index contributed by atoms with van der Waals surface area (Å²) >= 11 is 0. The highest BCUT2D eigenvalue weighted by atomic mass is 16.2. The molecule has 0 spiro atoms. The molecule has 1 fully saturated rings. The average molecular weight is 328 g/mol. The lowest BCUT2D eigenvalue weighted by Gasteiger charge is -2.32. The van der Waals surface area contributed by atoms with Crippen LogP contribution in [0.5, 0.6) is 0 Å². The van der Waals surface area contributed by atoms with Gasteiger partial charge in [-0.15, -0.1) is 0 Å². The van der Waals surface area contributed by atoms with Crippen molar-refractivity contribution in [3.63, 3.8) is 0 Å². The number of hydrogen-bond donors (Lipinski definition) is 0. The Kier molecular flexibility index (Phi) is 6.73. The number of likely N-dealkylation sites (N-methyl/N-ethyl adjacent to an activating group) is 1. The summed E-state index contributed by atoms with van der Waals surface area (Å²) in [6, 6.07) is 9.50. The highest BCUT2D eigenvalue weighted by Crippen LogP contribution is 2.21. The second-order valence-electron chi connectivity index (χ2n) is 6.65. The second kappa shape index (κ2) is 8.78. The number of piperidine rings is 1. The van der Waals surface area contributed by atoms with Crippen molar-refractivity contribution in [1.29, 1.82) is 0 Å². The molecule has 0 saturated carbocycles. The minimum atomic E-state index is 0.0800. The standard InChI is InChI=1S/C20H28N2O2/c1-4-22(14-16(2)3)19(23)15-21-12-10-18(11-13-21)20(24)17-8-6-5-7-9-17/h5-9,18H,2,4,10-15H2,1,3H3. The molecular weight excluding hydrogens is 300 g/mol. The Morgan fingerprint density at radius 1 is 1.21 bits per heavy atom. The van der Waals surface area contributed by atoms with Crippen LogP contribution in [-0.2, 0) is 4.79 Å². The molecule has 1 heterocycles. The summed E-state index contributed by atoms with van der Waals surface area (Å²) in [5, 5.41) is 0. The van der Waals surface area contributed by atoms with E-state index < -0.39 is 0 Å². The van der Waals surface area contributed by atoms with Crippen molar-refractivity contribution < 1.29 is 9.59 Å². The molecule has 1 aromatic carbocycles. The molecule has 4 heteroatoms. The van der Waals surface area contributed by atoms with Gasteiger partial charge in [-0.2, -0.15) is 0 Å². The Morgan fingerprint density at radius 3 is 2.38 bits per heavy atom. The van der Waals surface area contributed by atoms with Crippen molar-refractivity contribution in [2.24, 2.45) is 5.92 Å². The number of likely N-dealkylation sites (tertiary alicyclic amines) is 1. The number of amides is 1. The average Bonchev–Trinajstić information content (AvgIpc) is 2.60. The fourth-order valence-electron chi connectivity index (χ4n) is 3.18. The summed E-state index contributed by atoms with van der Waals surface area (Å²) in [5.74, 6) is 0.462. The van der Waals surface area contributed by atoms with E-state index in [4.69, 9.17) is 0 Å². The molecule has 0 aromatic heterocycles. The van der Waals surface area contributed by atoms with E-state index in [1.54, 1.807) is 0 Å². The lowest BCUT2D eigenvalue weighted by Crippen LogP contribution is -2.44. The molecule has 1 aromatic rings. The van der Waals surface area contributed by atoms with E-state index in [0.29, 0.717) is 19.6 Å². The first kappa shape index (κ1) is 18.4. The van der Waals surface area contributed by atoms with Gasteiger partial charge in [0.2, 0.25) is 5.91 Å². The molecule has 4 nitrogen and oxygen atoms in total. The predicted molar refractivity (Wildman–Crippen MR) is 97.0 cm³/mol. The fraction of sp³-hybridized carbons (Fsp3) is 0.500. The zero-order valence-electron chi connectivity index (χ0n) is 14.8. The van der Waals surface area contributed by atoms with Crippen molar-refractivity contribution in [2.75, 3.05) is 32.7 Å². The maximum atomic E-state index is 12.5. The van der Waals surface area contributed by atoms with Crippen molar-refractivity contribution in [1.82, 2.24) is 9.80 Å². The molecule has 24 heavy (non-hydrogen) atoms. The van der Waals surface area contributed by atoms with Crippen LogP contribution in [0.25, 0.3) is 0 Å². The lowest BCUT2D eigenvalue weighted by atomic mass is 9.89. The molecule has 0 aliphatic carbocycles. The maximum Gasteiger partial charge on any atom is 0.237 e. The molecule has 0 bridgehead atoms. The molecule has 1 aliphatic heterocycles. The fourth-order valence-corrected chi connectivity index (χ4v) is 3.18. The molecule has 0 atom stereocenters. The normalized spacial score (nSPS) is 15.9. The number of benzene rings is 1. The number of hydrogen-bond acceptors (Lipinski definition) is 3. The SMILES string of the molecule is C=C(C)CN(CC)C(=O)CN1CCC(C(=O)c2ccccc2)CC1. The number of carbonyl (C=O) groups is 2. The first-order valence-electron chi connectivity index (χ1n) is 8.75. The quantitative estimate of drug-likeness (QED) is 0.571. The van der Waals surface area contributed by atoms with Crippen molar-refractivity contribution in [3.05, 3.63) is 48.0 Å². The van der Waals surface area contributed by atoms with Crippen LogP contribution in [-0.4, -0.2) is 54.2 Å². The Bertz CT molecular complexity index is 575.